The Balaban J connectivity index is 1.86. The Labute approximate surface area is 155 Å². The Hall–Kier alpha value is -2.87. The summed E-state index contributed by atoms with van der Waals surface area (Å²) in [4.78, 5) is 12.8. The first kappa shape index (κ1) is 17.9. The summed E-state index contributed by atoms with van der Waals surface area (Å²) < 4.78 is 5.79. The molecule has 3 aromatic carbocycles. The van der Waals surface area contributed by atoms with E-state index < -0.39 is 0 Å². The van der Waals surface area contributed by atoms with Crippen molar-refractivity contribution in [3.8, 4) is 5.75 Å². The van der Waals surface area contributed by atoms with Crippen LogP contribution in [0.1, 0.15) is 40.2 Å². The molecule has 0 N–H and O–H groups in total. The fourth-order valence-electron chi connectivity index (χ4n) is 3.20. The molecule has 2 heteroatoms. The topological polar surface area (TPSA) is 26.3 Å². The Bertz CT molecular complexity index is 843. The summed E-state index contributed by atoms with van der Waals surface area (Å²) in [6, 6.07) is 24.3. The molecule has 0 aliphatic carbocycles. The number of aryl methyl sites for hydroxylation is 2. The summed E-state index contributed by atoms with van der Waals surface area (Å²) in [5, 5.41) is 0. The molecule has 0 atom stereocenters. The van der Waals surface area contributed by atoms with E-state index in [4.69, 9.17) is 4.74 Å². The van der Waals surface area contributed by atoms with Crippen molar-refractivity contribution in [2.75, 3.05) is 0 Å². The molecule has 0 bridgehead atoms. The normalized spacial score (nSPS) is 10.8. The Morgan fingerprint density at radius 3 is 1.81 bits per heavy atom. The van der Waals surface area contributed by atoms with Gasteiger partial charge in [-0.25, -0.2) is 0 Å². The van der Waals surface area contributed by atoms with Crippen molar-refractivity contribution >= 4 is 5.97 Å². The van der Waals surface area contributed by atoms with Gasteiger partial charge in [0.15, 0.2) is 0 Å². The van der Waals surface area contributed by atoms with E-state index >= 15 is 0 Å². The maximum atomic E-state index is 12.8. The molecule has 0 aromatic heterocycles. The van der Waals surface area contributed by atoms with Crippen LogP contribution in [0.2, 0.25) is 0 Å². The van der Waals surface area contributed by atoms with Crippen molar-refractivity contribution in [2.45, 2.75) is 33.1 Å². The molecule has 0 heterocycles. The van der Waals surface area contributed by atoms with Crippen molar-refractivity contribution in [2.24, 2.45) is 0 Å². The van der Waals surface area contributed by atoms with Gasteiger partial charge in [-0.2, -0.15) is 0 Å². The number of hydrogen-bond donors (Lipinski definition) is 0. The monoisotopic (exact) mass is 344 g/mol. The van der Waals surface area contributed by atoms with Crippen molar-refractivity contribution in [1.82, 2.24) is 0 Å². The molecule has 3 rings (SSSR count). The number of esters is 1. The zero-order valence-corrected chi connectivity index (χ0v) is 15.5. The van der Waals surface area contributed by atoms with E-state index in [0.29, 0.717) is 12.2 Å². The third-order valence-electron chi connectivity index (χ3n) is 4.86. The lowest BCUT2D eigenvalue weighted by Gasteiger charge is -2.18. The smallest absolute Gasteiger partial charge is 0.312 e. The summed E-state index contributed by atoms with van der Waals surface area (Å²) in [7, 11) is 0. The average molecular weight is 344 g/mol. The Morgan fingerprint density at radius 1 is 0.769 bits per heavy atom. The van der Waals surface area contributed by atoms with Crippen LogP contribution in [-0.4, -0.2) is 5.97 Å². The van der Waals surface area contributed by atoms with Gasteiger partial charge in [-0.15, -0.1) is 0 Å². The molecule has 0 saturated heterocycles. The minimum Gasteiger partial charge on any atom is -0.426 e. The third kappa shape index (κ3) is 4.02. The van der Waals surface area contributed by atoms with Gasteiger partial charge in [-0.3, -0.25) is 4.79 Å². The second-order valence-corrected chi connectivity index (χ2v) is 6.71. The highest BCUT2D eigenvalue weighted by molar-refractivity contribution is 5.75. The standard InChI is InChI=1S/C24H24O2/c1-17-14-15-18(2)24(19(17)3)26-23(25)16-22(20-10-6-4-7-11-20)21-12-8-5-9-13-21/h4-15,22H,16H2,1-3H3. The van der Waals surface area contributed by atoms with Gasteiger partial charge >= 0.3 is 5.97 Å². The van der Waals surface area contributed by atoms with Crippen molar-refractivity contribution in [3.05, 3.63) is 101 Å². The maximum absolute atomic E-state index is 12.8. The van der Waals surface area contributed by atoms with Crippen molar-refractivity contribution in [3.63, 3.8) is 0 Å². The number of carbonyl (C=O) groups excluding carboxylic acids is 1. The fraction of sp³-hybridized carbons (Fsp3) is 0.208. The van der Waals surface area contributed by atoms with Crippen molar-refractivity contribution < 1.29 is 9.53 Å². The Kier molecular flexibility index (Phi) is 5.52. The zero-order chi connectivity index (χ0) is 18.5. The molecule has 0 amide bonds. The van der Waals surface area contributed by atoms with Gasteiger partial charge in [0.25, 0.3) is 0 Å². The molecule has 26 heavy (non-hydrogen) atoms. The minimum atomic E-state index is -0.209. The van der Waals surface area contributed by atoms with Crippen LogP contribution in [0.5, 0.6) is 5.75 Å². The van der Waals surface area contributed by atoms with E-state index in [1.54, 1.807) is 0 Å². The molecular weight excluding hydrogens is 320 g/mol. The van der Waals surface area contributed by atoms with Crippen LogP contribution in [0.15, 0.2) is 72.8 Å². The largest absolute Gasteiger partial charge is 0.426 e. The molecule has 0 fully saturated rings. The van der Waals surface area contributed by atoms with Gasteiger partial charge in [-0.05, 0) is 48.6 Å². The maximum Gasteiger partial charge on any atom is 0.312 e. The Morgan fingerprint density at radius 2 is 1.27 bits per heavy atom. The number of ether oxygens (including phenoxy) is 1. The number of hydrogen-bond acceptors (Lipinski definition) is 2. The van der Waals surface area contributed by atoms with Gasteiger partial charge in [0, 0.05) is 5.92 Å². The highest BCUT2D eigenvalue weighted by atomic mass is 16.5. The van der Waals surface area contributed by atoms with Gasteiger partial charge in [0.1, 0.15) is 5.75 Å². The molecular formula is C24H24O2. The SMILES string of the molecule is Cc1ccc(C)c(OC(=O)CC(c2ccccc2)c2ccccc2)c1C. The summed E-state index contributed by atoms with van der Waals surface area (Å²) in [5.74, 6) is 0.463. The second kappa shape index (κ2) is 8.01. The average Bonchev–Trinajstić information content (AvgIpc) is 2.68. The zero-order valence-electron chi connectivity index (χ0n) is 15.5. The van der Waals surface area contributed by atoms with Crippen molar-refractivity contribution in [1.29, 1.82) is 0 Å². The second-order valence-electron chi connectivity index (χ2n) is 6.71. The van der Waals surface area contributed by atoms with Crippen LogP contribution in [0.25, 0.3) is 0 Å². The minimum absolute atomic E-state index is 0.0182. The molecule has 132 valence electrons. The lowest BCUT2D eigenvalue weighted by atomic mass is 9.88. The van der Waals surface area contributed by atoms with E-state index in [9.17, 15) is 4.79 Å². The van der Waals surface area contributed by atoms with E-state index in [2.05, 4.69) is 30.3 Å². The van der Waals surface area contributed by atoms with Crippen LogP contribution < -0.4 is 4.74 Å². The quantitative estimate of drug-likeness (QED) is 0.436. The lowest BCUT2D eigenvalue weighted by Crippen LogP contribution is -2.15. The summed E-state index contributed by atoms with van der Waals surface area (Å²) >= 11 is 0. The molecule has 0 radical (unpaired) electrons. The highest BCUT2D eigenvalue weighted by Crippen LogP contribution is 2.30. The number of benzene rings is 3. The van der Waals surface area contributed by atoms with E-state index in [0.717, 1.165) is 27.8 Å². The molecule has 0 aliphatic heterocycles. The lowest BCUT2D eigenvalue weighted by molar-refractivity contribution is -0.134. The van der Waals surface area contributed by atoms with E-state index in [1.807, 2.05) is 63.2 Å². The number of carbonyl (C=O) groups is 1. The van der Waals surface area contributed by atoms with E-state index in [-0.39, 0.29) is 11.9 Å². The first-order valence-electron chi connectivity index (χ1n) is 8.93. The molecule has 0 aliphatic rings. The van der Waals surface area contributed by atoms with Gasteiger partial charge in [0.2, 0.25) is 0 Å². The molecule has 3 aromatic rings. The van der Waals surface area contributed by atoms with Gasteiger partial charge in [-0.1, -0.05) is 72.8 Å². The van der Waals surface area contributed by atoms with Crippen LogP contribution in [0.3, 0.4) is 0 Å². The third-order valence-corrected chi connectivity index (χ3v) is 4.86. The first-order valence-corrected chi connectivity index (χ1v) is 8.93. The summed E-state index contributed by atoms with van der Waals surface area (Å²) in [5.41, 5.74) is 5.37. The van der Waals surface area contributed by atoms with Crippen LogP contribution in [0.4, 0.5) is 0 Å². The predicted octanol–water partition coefficient (Wildman–Crippen LogP) is 5.74. The van der Waals surface area contributed by atoms with Crippen LogP contribution >= 0.6 is 0 Å². The van der Waals surface area contributed by atoms with Gasteiger partial charge in [0.05, 0.1) is 6.42 Å². The van der Waals surface area contributed by atoms with Gasteiger partial charge < -0.3 is 4.74 Å². The highest BCUT2D eigenvalue weighted by Gasteiger charge is 2.20. The predicted molar refractivity (Wildman–Crippen MR) is 106 cm³/mol. The first-order chi connectivity index (χ1) is 12.6. The van der Waals surface area contributed by atoms with Crippen LogP contribution in [-0.2, 0) is 4.79 Å². The fourth-order valence-corrected chi connectivity index (χ4v) is 3.20. The summed E-state index contributed by atoms with van der Waals surface area (Å²) in [6.07, 6.45) is 0.306. The molecule has 0 unspecified atom stereocenters. The molecule has 0 spiro atoms. The van der Waals surface area contributed by atoms with E-state index in [1.165, 1.54) is 0 Å². The summed E-state index contributed by atoms with van der Waals surface area (Å²) in [6.45, 7) is 6.00. The van der Waals surface area contributed by atoms with Crippen LogP contribution in [0, 0.1) is 20.8 Å². The molecule has 0 saturated carbocycles. The molecule has 2 nitrogen and oxygen atoms in total. The number of rotatable bonds is 5.